The Balaban J connectivity index is 2.05. The van der Waals surface area contributed by atoms with Crippen molar-refractivity contribution in [1.29, 1.82) is 0 Å². The van der Waals surface area contributed by atoms with E-state index in [1.807, 2.05) is 0 Å². The maximum atomic E-state index is 5.74. The summed E-state index contributed by atoms with van der Waals surface area (Å²) in [7, 11) is 1.48. The summed E-state index contributed by atoms with van der Waals surface area (Å²) in [6.45, 7) is 2.72. The van der Waals surface area contributed by atoms with Crippen molar-refractivity contribution in [2.45, 2.75) is 13.5 Å². The molecule has 0 radical (unpaired) electrons. The normalized spacial score (nSPS) is 10.3. The first-order chi connectivity index (χ1) is 8.17. The zero-order chi connectivity index (χ0) is 12.3. The lowest BCUT2D eigenvalue weighted by Crippen LogP contribution is -2.05. The summed E-state index contributed by atoms with van der Waals surface area (Å²) in [5, 5.41) is 3.19. The van der Waals surface area contributed by atoms with Crippen molar-refractivity contribution in [3.8, 4) is 6.01 Å². The Morgan fingerprint density at radius 2 is 2.18 bits per heavy atom. The Bertz CT molecular complexity index is 517. The molecule has 0 aliphatic rings. The van der Waals surface area contributed by atoms with Gasteiger partial charge in [-0.05, 0) is 30.7 Å². The molecule has 0 saturated heterocycles. The van der Waals surface area contributed by atoms with Crippen LogP contribution >= 0.6 is 22.9 Å². The van der Waals surface area contributed by atoms with E-state index in [-0.39, 0.29) is 11.3 Å². The van der Waals surface area contributed by atoms with Crippen molar-refractivity contribution in [3.05, 3.63) is 27.2 Å². The number of anilines is 1. The number of ether oxygens (including phenoxy) is 1. The number of aryl methyl sites for hydroxylation is 1. The molecule has 2 rings (SSSR count). The first kappa shape index (κ1) is 12.1. The molecule has 2 aromatic heterocycles. The van der Waals surface area contributed by atoms with Gasteiger partial charge in [0.05, 0.1) is 13.7 Å². The lowest BCUT2D eigenvalue weighted by Gasteiger charge is -2.04. The topological polar surface area (TPSA) is 59.9 Å². The van der Waals surface area contributed by atoms with Gasteiger partial charge in [0.1, 0.15) is 0 Å². The van der Waals surface area contributed by atoms with Gasteiger partial charge in [-0.2, -0.15) is 15.0 Å². The molecule has 0 amide bonds. The molecule has 0 saturated carbocycles. The van der Waals surface area contributed by atoms with Gasteiger partial charge < -0.3 is 10.1 Å². The van der Waals surface area contributed by atoms with Crippen LogP contribution in [0.2, 0.25) is 5.28 Å². The van der Waals surface area contributed by atoms with Gasteiger partial charge in [-0.15, -0.1) is 11.3 Å². The standard InChI is InChI=1S/C10H11ClN4OS/c1-6-3-4-7(17-6)5-12-9-13-8(11)14-10(15-9)16-2/h3-4H,5H2,1-2H3,(H,12,13,14,15). The number of aromatic nitrogens is 3. The third-order valence-electron chi connectivity index (χ3n) is 1.99. The fourth-order valence-corrected chi connectivity index (χ4v) is 2.23. The molecule has 2 aromatic rings. The third-order valence-corrected chi connectivity index (χ3v) is 3.16. The first-order valence-electron chi connectivity index (χ1n) is 4.92. The van der Waals surface area contributed by atoms with Gasteiger partial charge in [0.25, 0.3) is 0 Å². The van der Waals surface area contributed by atoms with Crippen LogP contribution in [0.1, 0.15) is 9.75 Å². The summed E-state index contributed by atoms with van der Waals surface area (Å²) in [5.41, 5.74) is 0. The minimum Gasteiger partial charge on any atom is -0.467 e. The van der Waals surface area contributed by atoms with Gasteiger partial charge in [0.15, 0.2) is 0 Å². The molecule has 0 bridgehead atoms. The van der Waals surface area contributed by atoms with Crippen molar-refractivity contribution in [1.82, 2.24) is 15.0 Å². The molecule has 5 nitrogen and oxygen atoms in total. The van der Waals surface area contributed by atoms with Crippen LogP contribution in [0.4, 0.5) is 5.95 Å². The fraction of sp³-hybridized carbons (Fsp3) is 0.300. The number of nitrogens with one attached hydrogen (secondary N) is 1. The Morgan fingerprint density at radius 1 is 1.35 bits per heavy atom. The SMILES string of the molecule is COc1nc(Cl)nc(NCc2ccc(C)s2)n1. The maximum Gasteiger partial charge on any atom is 0.322 e. The number of thiophene rings is 1. The smallest absolute Gasteiger partial charge is 0.322 e. The lowest BCUT2D eigenvalue weighted by molar-refractivity contribution is 0.379. The van der Waals surface area contributed by atoms with Crippen molar-refractivity contribution < 1.29 is 4.74 Å². The van der Waals surface area contributed by atoms with Crippen LogP contribution in [-0.4, -0.2) is 22.1 Å². The summed E-state index contributed by atoms with van der Waals surface area (Å²) in [6, 6.07) is 4.34. The van der Waals surface area contributed by atoms with E-state index < -0.39 is 0 Å². The molecule has 17 heavy (non-hydrogen) atoms. The summed E-state index contributed by atoms with van der Waals surface area (Å²) >= 11 is 7.46. The molecule has 90 valence electrons. The maximum absolute atomic E-state index is 5.74. The number of halogens is 1. The molecular formula is C10H11ClN4OS. The van der Waals surface area contributed by atoms with E-state index in [9.17, 15) is 0 Å². The van der Waals surface area contributed by atoms with Crippen LogP contribution < -0.4 is 10.1 Å². The number of methoxy groups -OCH3 is 1. The Hall–Kier alpha value is -1.40. The summed E-state index contributed by atoms with van der Waals surface area (Å²) < 4.78 is 4.91. The number of nitrogens with zero attached hydrogens (tertiary/aromatic N) is 3. The van der Waals surface area contributed by atoms with E-state index in [0.29, 0.717) is 12.5 Å². The summed E-state index contributed by atoms with van der Waals surface area (Å²) in [4.78, 5) is 14.3. The summed E-state index contributed by atoms with van der Waals surface area (Å²) in [6.07, 6.45) is 0. The Labute approximate surface area is 108 Å². The monoisotopic (exact) mass is 270 g/mol. The second-order valence-corrected chi connectivity index (χ2v) is 4.99. The van der Waals surface area contributed by atoms with Crippen LogP contribution in [-0.2, 0) is 6.54 Å². The van der Waals surface area contributed by atoms with Crippen LogP contribution in [0.3, 0.4) is 0 Å². The number of hydrogen-bond donors (Lipinski definition) is 1. The van der Waals surface area contributed by atoms with Gasteiger partial charge in [-0.1, -0.05) is 0 Å². The molecule has 0 spiro atoms. The molecule has 0 atom stereocenters. The van der Waals surface area contributed by atoms with Crippen LogP contribution in [0.5, 0.6) is 6.01 Å². The average molecular weight is 271 g/mol. The van der Waals surface area contributed by atoms with Crippen molar-refractivity contribution in [2.24, 2.45) is 0 Å². The largest absolute Gasteiger partial charge is 0.467 e. The Kier molecular flexibility index (Phi) is 3.75. The van der Waals surface area contributed by atoms with Crippen LogP contribution in [0.25, 0.3) is 0 Å². The van der Waals surface area contributed by atoms with Gasteiger partial charge in [-0.25, -0.2) is 0 Å². The zero-order valence-corrected chi connectivity index (χ0v) is 11.0. The van der Waals surface area contributed by atoms with Crippen molar-refractivity contribution >= 4 is 28.9 Å². The molecule has 0 aliphatic carbocycles. The lowest BCUT2D eigenvalue weighted by atomic mass is 10.4. The predicted octanol–water partition coefficient (Wildman–Crippen LogP) is 2.52. The van der Waals surface area contributed by atoms with E-state index in [1.54, 1.807) is 11.3 Å². The van der Waals surface area contributed by atoms with Gasteiger partial charge >= 0.3 is 6.01 Å². The number of rotatable bonds is 4. The van der Waals surface area contributed by atoms with E-state index in [0.717, 1.165) is 0 Å². The highest BCUT2D eigenvalue weighted by molar-refractivity contribution is 7.11. The van der Waals surface area contributed by atoms with Crippen LogP contribution in [0.15, 0.2) is 12.1 Å². The minimum absolute atomic E-state index is 0.113. The molecular weight excluding hydrogens is 260 g/mol. The zero-order valence-electron chi connectivity index (χ0n) is 9.40. The molecule has 0 aromatic carbocycles. The second kappa shape index (κ2) is 5.29. The van der Waals surface area contributed by atoms with E-state index in [1.165, 1.54) is 16.9 Å². The van der Waals surface area contributed by atoms with Crippen molar-refractivity contribution in [3.63, 3.8) is 0 Å². The van der Waals surface area contributed by atoms with Crippen LogP contribution in [0, 0.1) is 6.92 Å². The first-order valence-corrected chi connectivity index (χ1v) is 6.11. The summed E-state index contributed by atoms with van der Waals surface area (Å²) in [5.74, 6) is 0.410. The van der Waals surface area contributed by atoms with Gasteiger partial charge in [-0.3, -0.25) is 0 Å². The second-order valence-electron chi connectivity index (χ2n) is 3.28. The highest BCUT2D eigenvalue weighted by atomic mass is 35.5. The molecule has 0 aliphatic heterocycles. The minimum atomic E-state index is 0.113. The van der Waals surface area contributed by atoms with Crippen molar-refractivity contribution in [2.75, 3.05) is 12.4 Å². The van der Waals surface area contributed by atoms with Gasteiger partial charge in [0.2, 0.25) is 11.2 Å². The Morgan fingerprint density at radius 3 is 2.82 bits per heavy atom. The highest BCUT2D eigenvalue weighted by Gasteiger charge is 2.05. The third kappa shape index (κ3) is 3.28. The van der Waals surface area contributed by atoms with E-state index in [4.69, 9.17) is 16.3 Å². The fourth-order valence-electron chi connectivity index (χ4n) is 1.25. The molecule has 2 heterocycles. The number of hydrogen-bond acceptors (Lipinski definition) is 6. The molecule has 7 heteroatoms. The molecule has 1 N–H and O–H groups in total. The highest BCUT2D eigenvalue weighted by Crippen LogP contribution is 2.17. The van der Waals surface area contributed by atoms with E-state index in [2.05, 4.69) is 39.3 Å². The molecule has 0 fully saturated rings. The quantitative estimate of drug-likeness (QED) is 0.925. The average Bonchev–Trinajstić information content (AvgIpc) is 2.72. The van der Waals surface area contributed by atoms with E-state index >= 15 is 0 Å². The molecule has 0 unspecified atom stereocenters. The van der Waals surface area contributed by atoms with Gasteiger partial charge in [0, 0.05) is 9.75 Å². The predicted molar refractivity (Wildman–Crippen MR) is 67.8 cm³/mol.